The number of hydrogen-bond donors (Lipinski definition) is 2. The Bertz CT molecular complexity index is 575. The van der Waals surface area contributed by atoms with Gasteiger partial charge in [0.25, 0.3) is 0 Å². The molecule has 0 aromatic carbocycles. The van der Waals surface area contributed by atoms with E-state index in [2.05, 4.69) is 26.2 Å². The Morgan fingerprint density at radius 1 is 1.45 bits per heavy atom. The van der Waals surface area contributed by atoms with Crippen molar-refractivity contribution < 1.29 is 18.3 Å². The SMILES string of the molecule is OC(CNc1ncc(Br)cc1C(F)(F)F)c1ccsc1. The number of thiophene rings is 1. The van der Waals surface area contributed by atoms with E-state index in [9.17, 15) is 18.3 Å². The molecule has 0 bridgehead atoms. The third kappa shape index (κ3) is 3.71. The zero-order valence-electron chi connectivity index (χ0n) is 9.99. The molecule has 0 aliphatic carbocycles. The van der Waals surface area contributed by atoms with Crippen molar-refractivity contribution in [3.63, 3.8) is 0 Å². The van der Waals surface area contributed by atoms with Gasteiger partial charge in [-0.3, -0.25) is 0 Å². The van der Waals surface area contributed by atoms with Crippen LogP contribution in [0, 0.1) is 0 Å². The van der Waals surface area contributed by atoms with E-state index in [-0.39, 0.29) is 16.8 Å². The minimum Gasteiger partial charge on any atom is -0.387 e. The third-order valence-corrected chi connectivity index (χ3v) is 3.69. The molecule has 2 rings (SSSR count). The van der Waals surface area contributed by atoms with Crippen LogP contribution in [-0.4, -0.2) is 16.6 Å². The summed E-state index contributed by atoms with van der Waals surface area (Å²) >= 11 is 4.37. The number of pyridine rings is 1. The van der Waals surface area contributed by atoms with Gasteiger partial charge in [0.1, 0.15) is 5.82 Å². The Morgan fingerprint density at radius 3 is 2.80 bits per heavy atom. The number of aliphatic hydroxyl groups is 1. The van der Waals surface area contributed by atoms with Gasteiger partial charge >= 0.3 is 6.18 Å². The quantitative estimate of drug-likeness (QED) is 0.857. The van der Waals surface area contributed by atoms with E-state index in [4.69, 9.17) is 0 Å². The number of rotatable bonds is 4. The van der Waals surface area contributed by atoms with Crippen molar-refractivity contribution in [2.24, 2.45) is 0 Å². The molecule has 0 saturated heterocycles. The molecule has 20 heavy (non-hydrogen) atoms. The molecule has 108 valence electrons. The van der Waals surface area contributed by atoms with Crippen LogP contribution in [0.5, 0.6) is 0 Å². The average molecular weight is 367 g/mol. The fraction of sp³-hybridized carbons (Fsp3) is 0.250. The Hall–Kier alpha value is -1.12. The molecule has 1 atom stereocenters. The van der Waals surface area contributed by atoms with E-state index in [1.165, 1.54) is 17.5 Å². The molecule has 0 spiro atoms. The normalized spacial score (nSPS) is 13.2. The van der Waals surface area contributed by atoms with Gasteiger partial charge in [-0.25, -0.2) is 4.98 Å². The van der Waals surface area contributed by atoms with Gasteiger partial charge in [-0.2, -0.15) is 24.5 Å². The van der Waals surface area contributed by atoms with Crippen molar-refractivity contribution in [3.05, 3.63) is 44.7 Å². The zero-order valence-corrected chi connectivity index (χ0v) is 12.4. The van der Waals surface area contributed by atoms with Crippen LogP contribution >= 0.6 is 27.3 Å². The first kappa shape index (κ1) is 15.3. The molecule has 0 aliphatic heterocycles. The van der Waals surface area contributed by atoms with E-state index in [1.54, 1.807) is 16.8 Å². The first-order valence-electron chi connectivity index (χ1n) is 5.54. The number of aromatic nitrogens is 1. The largest absolute Gasteiger partial charge is 0.419 e. The molecule has 0 amide bonds. The van der Waals surface area contributed by atoms with Gasteiger partial charge in [-0.05, 0) is 44.4 Å². The van der Waals surface area contributed by atoms with E-state index in [0.717, 1.165) is 6.07 Å². The predicted molar refractivity (Wildman–Crippen MR) is 74.7 cm³/mol. The monoisotopic (exact) mass is 366 g/mol. The molecule has 0 aliphatic rings. The summed E-state index contributed by atoms with van der Waals surface area (Å²) in [6.45, 7) is -0.0472. The smallest absolute Gasteiger partial charge is 0.387 e. The Kier molecular flexibility index (Phi) is 4.66. The van der Waals surface area contributed by atoms with Gasteiger partial charge in [0.05, 0.1) is 11.7 Å². The maximum absolute atomic E-state index is 12.9. The second kappa shape index (κ2) is 6.11. The van der Waals surface area contributed by atoms with Crippen LogP contribution < -0.4 is 5.32 Å². The lowest BCUT2D eigenvalue weighted by Gasteiger charge is -2.16. The van der Waals surface area contributed by atoms with Crippen molar-refractivity contribution in [2.75, 3.05) is 11.9 Å². The van der Waals surface area contributed by atoms with Crippen LogP contribution in [0.25, 0.3) is 0 Å². The van der Waals surface area contributed by atoms with E-state index in [1.807, 2.05) is 0 Å². The van der Waals surface area contributed by atoms with Gasteiger partial charge in [-0.15, -0.1) is 0 Å². The lowest BCUT2D eigenvalue weighted by atomic mass is 10.2. The lowest BCUT2D eigenvalue weighted by Crippen LogP contribution is -2.17. The van der Waals surface area contributed by atoms with Crippen molar-refractivity contribution >= 4 is 33.1 Å². The van der Waals surface area contributed by atoms with Crippen LogP contribution in [0.1, 0.15) is 17.2 Å². The third-order valence-electron chi connectivity index (χ3n) is 2.55. The second-order valence-corrected chi connectivity index (χ2v) is 5.70. The standard InChI is InChI=1S/C12H10BrF3N2OS/c13-8-3-9(12(14,15)16)11(17-4-8)18-5-10(19)7-1-2-20-6-7/h1-4,6,10,19H,5H2,(H,17,18). The van der Waals surface area contributed by atoms with Crippen LogP contribution in [0.15, 0.2) is 33.6 Å². The summed E-state index contributed by atoms with van der Waals surface area (Å²) < 4.78 is 38.8. The van der Waals surface area contributed by atoms with E-state index in [0.29, 0.717) is 5.56 Å². The van der Waals surface area contributed by atoms with Crippen molar-refractivity contribution in [1.29, 1.82) is 0 Å². The summed E-state index contributed by atoms with van der Waals surface area (Å²) in [6.07, 6.45) is -4.12. The highest BCUT2D eigenvalue weighted by Gasteiger charge is 2.34. The van der Waals surface area contributed by atoms with Gasteiger partial charge in [0.2, 0.25) is 0 Å². The summed E-state index contributed by atoms with van der Waals surface area (Å²) in [5, 5.41) is 15.9. The molecular weight excluding hydrogens is 357 g/mol. The highest BCUT2D eigenvalue weighted by Crippen LogP contribution is 2.35. The van der Waals surface area contributed by atoms with E-state index >= 15 is 0 Å². The number of halogens is 4. The Labute approximate surface area is 125 Å². The summed E-state index contributed by atoms with van der Waals surface area (Å²) in [4.78, 5) is 3.71. The summed E-state index contributed by atoms with van der Waals surface area (Å²) in [5.41, 5.74) is -0.211. The highest BCUT2D eigenvalue weighted by atomic mass is 79.9. The predicted octanol–water partition coefficient (Wildman–Crippen LogP) is 4.07. The maximum Gasteiger partial charge on any atom is 0.419 e. The number of hydrogen-bond acceptors (Lipinski definition) is 4. The molecule has 8 heteroatoms. The Balaban J connectivity index is 2.13. The maximum atomic E-state index is 12.9. The van der Waals surface area contributed by atoms with Crippen molar-refractivity contribution in [1.82, 2.24) is 4.98 Å². The van der Waals surface area contributed by atoms with Gasteiger partial charge in [0, 0.05) is 17.2 Å². The van der Waals surface area contributed by atoms with Crippen LogP contribution in [0.3, 0.4) is 0 Å². The number of alkyl halides is 3. The zero-order chi connectivity index (χ0) is 14.8. The first-order valence-corrected chi connectivity index (χ1v) is 7.28. The molecule has 2 aromatic heterocycles. The molecule has 0 saturated carbocycles. The summed E-state index contributed by atoms with van der Waals surface area (Å²) in [7, 11) is 0. The minimum atomic E-state index is -4.51. The van der Waals surface area contributed by atoms with Crippen molar-refractivity contribution in [3.8, 4) is 0 Å². The fourth-order valence-electron chi connectivity index (χ4n) is 1.57. The number of aliphatic hydroxyl groups excluding tert-OH is 1. The molecule has 1 unspecified atom stereocenters. The molecule has 2 aromatic rings. The highest BCUT2D eigenvalue weighted by molar-refractivity contribution is 9.10. The number of anilines is 1. The van der Waals surface area contributed by atoms with Gasteiger partial charge in [0.15, 0.2) is 0 Å². The second-order valence-electron chi connectivity index (χ2n) is 4.00. The molecular formula is C12H10BrF3N2OS. The summed E-state index contributed by atoms with van der Waals surface area (Å²) in [6, 6.07) is 2.67. The number of nitrogens with one attached hydrogen (secondary N) is 1. The van der Waals surface area contributed by atoms with Crippen molar-refractivity contribution in [2.45, 2.75) is 12.3 Å². The molecule has 0 radical (unpaired) electrons. The fourth-order valence-corrected chi connectivity index (χ4v) is 2.61. The molecule has 3 nitrogen and oxygen atoms in total. The van der Waals surface area contributed by atoms with Crippen LogP contribution in [-0.2, 0) is 6.18 Å². The average Bonchev–Trinajstić information content (AvgIpc) is 2.89. The first-order chi connectivity index (χ1) is 9.38. The minimum absolute atomic E-state index is 0.0472. The van der Waals surface area contributed by atoms with Crippen LogP contribution in [0.2, 0.25) is 0 Å². The molecule has 2 N–H and O–H groups in total. The van der Waals surface area contributed by atoms with Crippen LogP contribution in [0.4, 0.5) is 19.0 Å². The van der Waals surface area contributed by atoms with Gasteiger partial charge in [-0.1, -0.05) is 0 Å². The number of nitrogens with zero attached hydrogens (tertiary/aromatic N) is 1. The molecule has 0 fully saturated rings. The van der Waals surface area contributed by atoms with E-state index < -0.39 is 17.8 Å². The molecule has 2 heterocycles. The lowest BCUT2D eigenvalue weighted by molar-refractivity contribution is -0.137. The summed E-state index contributed by atoms with van der Waals surface area (Å²) in [5.74, 6) is -0.296. The topological polar surface area (TPSA) is 45.1 Å². The Morgan fingerprint density at radius 2 is 2.20 bits per heavy atom. The van der Waals surface area contributed by atoms with Gasteiger partial charge < -0.3 is 10.4 Å².